The molecular formula is C23H26N4O4S. The first kappa shape index (κ1) is 22.0. The number of methoxy groups -OCH3 is 1. The van der Waals surface area contributed by atoms with Crippen molar-refractivity contribution in [1.82, 2.24) is 9.97 Å². The minimum absolute atomic E-state index is 0.125. The Bertz CT molecular complexity index is 1250. The molecule has 0 radical (unpaired) electrons. The van der Waals surface area contributed by atoms with Crippen molar-refractivity contribution >= 4 is 21.7 Å². The molecule has 1 saturated heterocycles. The minimum atomic E-state index is -3.99. The van der Waals surface area contributed by atoms with Gasteiger partial charge in [-0.25, -0.2) is 9.97 Å². The lowest BCUT2D eigenvalue weighted by molar-refractivity contribution is 0.0305. The standard InChI is InChI=1S/C23H26N4O4S/c1-15-7-5-8-16(2)22(15)18-11-17(31-4)12-19(24-18)26-32(29,30)21-10-6-9-20(25-21)27-13-23(3,28)14-27/h5-12,28H,13-14H2,1-4H3,(H,24,26). The molecule has 0 saturated carbocycles. The molecule has 0 atom stereocenters. The zero-order valence-electron chi connectivity index (χ0n) is 18.5. The number of ether oxygens (including phenoxy) is 1. The van der Waals surface area contributed by atoms with E-state index in [0.717, 1.165) is 16.7 Å². The smallest absolute Gasteiger partial charge is 0.280 e. The van der Waals surface area contributed by atoms with Crippen LogP contribution in [-0.4, -0.2) is 49.3 Å². The summed E-state index contributed by atoms with van der Waals surface area (Å²) in [5.41, 5.74) is 2.81. The Kier molecular flexibility index (Phi) is 5.56. The van der Waals surface area contributed by atoms with Crippen LogP contribution in [0.2, 0.25) is 0 Å². The number of rotatable bonds is 6. The summed E-state index contributed by atoms with van der Waals surface area (Å²) in [7, 11) is -2.47. The van der Waals surface area contributed by atoms with E-state index in [1.165, 1.54) is 19.2 Å². The molecule has 0 amide bonds. The molecule has 8 nitrogen and oxygen atoms in total. The fourth-order valence-electron chi connectivity index (χ4n) is 3.88. The number of hydrogen-bond donors (Lipinski definition) is 2. The fraction of sp³-hybridized carbons (Fsp3) is 0.304. The number of nitrogens with one attached hydrogen (secondary N) is 1. The molecule has 4 rings (SSSR count). The Hall–Kier alpha value is -3.17. The summed E-state index contributed by atoms with van der Waals surface area (Å²) in [6.07, 6.45) is 0. The number of sulfonamides is 1. The van der Waals surface area contributed by atoms with Crippen molar-refractivity contribution in [2.75, 3.05) is 29.8 Å². The lowest BCUT2D eigenvalue weighted by atomic mass is 9.97. The minimum Gasteiger partial charge on any atom is -0.497 e. The third-order valence-electron chi connectivity index (χ3n) is 5.38. The largest absolute Gasteiger partial charge is 0.497 e. The molecule has 1 aromatic carbocycles. The predicted molar refractivity (Wildman–Crippen MR) is 124 cm³/mol. The number of β-amino-alcohol motifs (C(OH)–C–C–N with tert-alkyl or cyclic N) is 1. The highest BCUT2D eigenvalue weighted by Crippen LogP contribution is 2.31. The second kappa shape index (κ2) is 8.07. The van der Waals surface area contributed by atoms with Crippen LogP contribution in [0.3, 0.4) is 0 Å². The topological polar surface area (TPSA) is 105 Å². The molecule has 1 aliphatic heterocycles. The molecule has 0 unspecified atom stereocenters. The summed E-state index contributed by atoms with van der Waals surface area (Å²) in [5, 5.41) is 9.83. The van der Waals surface area contributed by atoms with Gasteiger partial charge in [0, 0.05) is 30.8 Å². The number of nitrogens with zero attached hydrogens (tertiary/aromatic N) is 3. The summed E-state index contributed by atoms with van der Waals surface area (Å²) >= 11 is 0. The lowest BCUT2D eigenvalue weighted by Gasteiger charge is -2.44. The molecule has 32 heavy (non-hydrogen) atoms. The maximum absolute atomic E-state index is 13.1. The Morgan fingerprint density at radius 1 is 1.06 bits per heavy atom. The first-order valence-corrected chi connectivity index (χ1v) is 11.7. The van der Waals surface area contributed by atoms with E-state index in [-0.39, 0.29) is 10.8 Å². The summed E-state index contributed by atoms with van der Waals surface area (Å²) < 4.78 is 34.1. The van der Waals surface area contributed by atoms with Crippen molar-refractivity contribution in [3.63, 3.8) is 0 Å². The average molecular weight is 455 g/mol. The molecule has 0 spiro atoms. The summed E-state index contributed by atoms with van der Waals surface area (Å²) in [4.78, 5) is 10.7. The van der Waals surface area contributed by atoms with Crippen LogP contribution in [0.25, 0.3) is 11.3 Å². The Balaban J connectivity index is 1.67. The van der Waals surface area contributed by atoms with E-state index >= 15 is 0 Å². The van der Waals surface area contributed by atoms with Crippen LogP contribution in [0.15, 0.2) is 53.6 Å². The van der Waals surface area contributed by atoms with Gasteiger partial charge in [0.25, 0.3) is 10.0 Å². The van der Waals surface area contributed by atoms with E-state index in [9.17, 15) is 13.5 Å². The average Bonchev–Trinajstić information content (AvgIpc) is 2.71. The van der Waals surface area contributed by atoms with Gasteiger partial charge in [-0.05, 0) is 44.0 Å². The van der Waals surface area contributed by atoms with Gasteiger partial charge in [0.05, 0.1) is 18.4 Å². The van der Waals surface area contributed by atoms with Crippen LogP contribution >= 0.6 is 0 Å². The second-order valence-corrected chi connectivity index (χ2v) is 9.97. The van der Waals surface area contributed by atoms with Gasteiger partial charge in [0.2, 0.25) is 0 Å². The number of hydrogen-bond acceptors (Lipinski definition) is 7. The van der Waals surface area contributed by atoms with Crippen molar-refractivity contribution in [3.8, 4) is 17.0 Å². The van der Waals surface area contributed by atoms with Crippen LogP contribution in [0.4, 0.5) is 11.6 Å². The third-order valence-corrected chi connectivity index (χ3v) is 6.64. The Morgan fingerprint density at radius 3 is 2.34 bits per heavy atom. The molecular weight excluding hydrogens is 428 g/mol. The van der Waals surface area contributed by atoms with Gasteiger partial charge >= 0.3 is 0 Å². The van der Waals surface area contributed by atoms with Gasteiger partial charge in [-0.2, -0.15) is 8.42 Å². The molecule has 0 bridgehead atoms. The van der Waals surface area contributed by atoms with Gasteiger partial charge in [0.15, 0.2) is 5.03 Å². The SMILES string of the molecule is COc1cc(NS(=O)(=O)c2cccc(N3CC(C)(O)C3)n2)nc(-c2c(C)cccc2C)c1. The number of aromatic nitrogens is 2. The van der Waals surface area contributed by atoms with Crippen molar-refractivity contribution in [1.29, 1.82) is 0 Å². The van der Waals surface area contributed by atoms with Crippen LogP contribution in [0.1, 0.15) is 18.1 Å². The van der Waals surface area contributed by atoms with Crippen LogP contribution in [-0.2, 0) is 10.0 Å². The van der Waals surface area contributed by atoms with Gasteiger partial charge < -0.3 is 14.7 Å². The molecule has 1 aliphatic rings. The van der Waals surface area contributed by atoms with Crippen LogP contribution < -0.4 is 14.4 Å². The molecule has 3 heterocycles. The first-order valence-electron chi connectivity index (χ1n) is 10.2. The highest BCUT2D eigenvalue weighted by molar-refractivity contribution is 7.92. The first-order chi connectivity index (χ1) is 15.1. The molecule has 168 valence electrons. The zero-order valence-corrected chi connectivity index (χ0v) is 19.3. The molecule has 0 aliphatic carbocycles. The summed E-state index contributed by atoms with van der Waals surface area (Å²) in [6.45, 7) is 6.49. The van der Waals surface area contributed by atoms with E-state index in [1.54, 1.807) is 25.1 Å². The highest BCUT2D eigenvalue weighted by Gasteiger charge is 2.37. The summed E-state index contributed by atoms with van der Waals surface area (Å²) in [6, 6.07) is 14.0. The molecule has 2 aromatic heterocycles. The van der Waals surface area contributed by atoms with Crippen LogP contribution in [0.5, 0.6) is 5.75 Å². The van der Waals surface area contributed by atoms with Gasteiger partial charge in [0.1, 0.15) is 17.4 Å². The van der Waals surface area contributed by atoms with Gasteiger partial charge in [-0.3, -0.25) is 4.72 Å². The van der Waals surface area contributed by atoms with E-state index < -0.39 is 15.6 Å². The number of aryl methyl sites for hydroxylation is 2. The zero-order chi connectivity index (χ0) is 23.1. The third kappa shape index (κ3) is 4.39. The fourth-order valence-corrected chi connectivity index (χ4v) is 4.84. The molecule has 9 heteroatoms. The summed E-state index contributed by atoms with van der Waals surface area (Å²) in [5.74, 6) is 1.12. The Labute approximate surface area is 188 Å². The van der Waals surface area contributed by atoms with E-state index in [0.29, 0.717) is 30.4 Å². The van der Waals surface area contributed by atoms with Crippen molar-refractivity contribution < 1.29 is 18.3 Å². The monoisotopic (exact) mass is 454 g/mol. The number of anilines is 2. The highest BCUT2D eigenvalue weighted by atomic mass is 32.2. The lowest BCUT2D eigenvalue weighted by Crippen LogP contribution is -2.60. The molecule has 1 fully saturated rings. The van der Waals surface area contributed by atoms with E-state index in [4.69, 9.17) is 4.74 Å². The number of pyridine rings is 2. The number of aliphatic hydroxyl groups is 1. The maximum Gasteiger partial charge on any atom is 0.280 e. The molecule has 3 aromatic rings. The quantitative estimate of drug-likeness (QED) is 0.590. The van der Waals surface area contributed by atoms with Crippen LogP contribution in [0, 0.1) is 13.8 Å². The van der Waals surface area contributed by atoms with E-state index in [1.807, 2.05) is 36.9 Å². The van der Waals surface area contributed by atoms with Crippen molar-refractivity contribution in [3.05, 3.63) is 59.7 Å². The van der Waals surface area contributed by atoms with Crippen molar-refractivity contribution in [2.24, 2.45) is 0 Å². The van der Waals surface area contributed by atoms with Crippen molar-refractivity contribution in [2.45, 2.75) is 31.4 Å². The molecule has 2 N–H and O–H groups in total. The maximum atomic E-state index is 13.1. The van der Waals surface area contributed by atoms with Gasteiger partial charge in [-0.1, -0.05) is 24.3 Å². The predicted octanol–water partition coefficient (Wildman–Crippen LogP) is 3.14. The second-order valence-electron chi connectivity index (χ2n) is 8.34. The van der Waals surface area contributed by atoms with Gasteiger partial charge in [-0.15, -0.1) is 0 Å². The van der Waals surface area contributed by atoms with E-state index in [2.05, 4.69) is 14.7 Å². The Morgan fingerprint density at radius 2 is 1.72 bits per heavy atom. The normalized spacial score (nSPS) is 15.2. The number of benzene rings is 1.